The number of aromatic nitrogens is 1. The van der Waals surface area contributed by atoms with E-state index in [-0.39, 0.29) is 17.9 Å². The number of carbonyl (C=O) groups excluding carboxylic acids is 1. The van der Waals surface area contributed by atoms with Gasteiger partial charge in [0, 0.05) is 31.2 Å². The molecule has 1 aromatic heterocycles. The molecule has 1 aliphatic carbocycles. The Morgan fingerprint density at radius 2 is 2.25 bits per heavy atom. The van der Waals surface area contributed by atoms with Crippen molar-refractivity contribution in [1.82, 2.24) is 10.3 Å². The van der Waals surface area contributed by atoms with Gasteiger partial charge >= 0.3 is 0 Å². The number of anilines is 1. The Balaban J connectivity index is 1.53. The second-order valence-electron chi connectivity index (χ2n) is 5.61. The second kappa shape index (κ2) is 6.07. The normalized spacial score (nSPS) is 25.7. The quantitative estimate of drug-likeness (QED) is 0.857. The number of amides is 1. The van der Waals surface area contributed by atoms with Gasteiger partial charge in [0.05, 0.1) is 0 Å². The van der Waals surface area contributed by atoms with E-state index in [0.29, 0.717) is 0 Å². The topological polar surface area (TPSA) is 45.2 Å². The maximum Gasteiger partial charge on any atom is 0.223 e. The van der Waals surface area contributed by atoms with E-state index in [1.54, 1.807) is 0 Å². The van der Waals surface area contributed by atoms with Crippen LogP contribution in [-0.4, -0.2) is 30.0 Å². The summed E-state index contributed by atoms with van der Waals surface area (Å²) in [6.07, 6.45) is 10.0. The average molecular weight is 271 g/mol. The van der Waals surface area contributed by atoms with Gasteiger partial charge in [-0.25, -0.2) is 4.98 Å². The highest BCUT2D eigenvalue weighted by Gasteiger charge is 2.27. The van der Waals surface area contributed by atoms with Gasteiger partial charge in [0.25, 0.3) is 0 Å². The summed E-state index contributed by atoms with van der Waals surface area (Å²) in [7, 11) is 0. The number of rotatable bonds is 3. The number of nitrogens with zero attached hydrogens (tertiary/aromatic N) is 2. The first kappa shape index (κ1) is 13.2. The summed E-state index contributed by atoms with van der Waals surface area (Å²) in [5.74, 6) is 1.40. The van der Waals surface area contributed by atoms with Gasteiger partial charge in [-0.3, -0.25) is 4.79 Å². The van der Waals surface area contributed by atoms with Crippen LogP contribution in [0.25, 0.3) is 0 Å². The van der Waals surface area contributed by atoms with Gasteiger partial charge in [-0.1, -0.05) is 18.2 Å². The molecule has 20 heavy (non-hydrogen) atoms. The number of carbonyl (C=O) groups is 1. The molecule has 3 rings (SSSR count). The number of hydrogen-bond acceptors (Lipinski definition) is 3. The molecule has 1 aliphatic heterocycles. The summed E-state index contributed by atoms with van der Waals surface area (Å²) >= 11 is 0. The molecular weight excluding hydrogens is 250 g/mol. The van der Waals surface area contributed by atoms with Crippen LogP contribution in [0.3, 0.4) is 0 Å². The number of nitrogens with one attached hydrogen (secondary N) is 1. The Morgan fingerprint density at radius 1 is 1.30 bits per heavy atom. The third-order valence-electron chi connectivity index (χ3n) is 4.15. The number of pyridine rings is 1. The Morgan fingerprint density at radius 3 is 3.00 bits per heavy atom. The molecule has 2 atom stereocenters. The number of allylic oxidation sites excluding steroid dienone is 2. The Hall–Kier alpha value is -1.84. The molecule has 106 valence electrons. The van der Waals surface area contributed by atoms with Crippen LogP contribution in [0.1, 0.15) is 25.7 Å². The summed E-state index contributed by atoms with van der Waals surface area (Å²) in [5.41, 5.74) is 0. The molecule has 2 unspecified atom stereocenters. The predicted molar refractivity (Wildman–Crippen MR) is 79.5 cm³/mol. The first-order chi connectivity index (χ1) is 9.83. The first-order valence-electron chi connectivity index (χ1n) is 7.44. The van der Waals surface area contributed by atoms with Crippen LogP contribution in [0.4, 0.5) is 5.82 Å². The van der Waals surface area contributed by atoms with E-state index in [2.05, 4.69) is 27.4 Å². The molecule has 0 bridgehead atoms. The Labute approximate surface area is 119 Å². The van der Waals surface area contributed by atoms with Gasteiger partial charge in [-0.15, -0.1) is 0 Å². The highest BCUT2D eigenvalue weighted by molar-refractivity contribution is 5.79. The number of hydrogen-bond donors (Lipinski definition) is 1. The van der Waals surface area contributed by atoms with Gasteiger partial charge < -0.3 is 10.2 Å². The zero-order chi connectivity index (χ0) is 13.8. The van der Waals surface area contributed by atoms with Crippen molar-refractivity contribution >= 4 is 11.7 Å². The molecule has 0 spiro atoms. The predicted octanol–water partition coefficient (Wildman–Crippen LogP) is 2.13. The van der Waals surface area contributed by atoms with Crippen LogP contribution < -0.4 is 10.2 Å². The standard InChI is InChI=1S/C16H21N3O/c20-16(13-6-2-1-3-7-13)18-14-9-11-19(12-14)15-8-4-5-10-17-15/h1-2,4-5,8,10,13-14H,3,6-7,9,11-12H2,(H,18,20). The minimum absolute atomic E-state index is 0.170. The van der Waals surface area contributed by atoms with Crippen molar-refractivity contribution in [3.63, 3.8) is 0 Å². The van der Waals surface area contributed by atoms with Crippen LogP contribution in [0, 0.1) is 5.92 Å². The van der Waals surface area contributed by atoms with Gasteiger partial charge in [0.2, 0.25) is 5.91 Å². The monoisotopic (exact) mass is 271 g/mol. The molecule has 1 fully saturated rings. The minimum atomic E-state index is 0.170. The maximum absolute atomic E-state index is 12.2. The van der Waals surface area contributed by atoms with Crippen LogP contribution in [0.15, 0.2) is 36.5 Å². The lowest BCUT2D eigenvalue weighted by Gasteiger charge is -2.21. The largest absolute Gasteiger partial charge is 0.354 e. The molecule has 1 N–H and O–H groups in total. The summed E-state index contributed by atoms with van der Waals surface area (Å²) < 4.78 is 0. The molecule has 2 heterocycles. The van der Waals surface area contributed by atoms with Gasteiger partial charge in [0.15, 0.2) is 0 Å². The fourth-order valence-corrected chi connectivity index (χ4v) is 2.98. The van der Waals surface area contributed by atoms with Crippen molar-refractivity contribution < 1.29 is 4.79 Å². The average Bonchev–Trinajstić information content (AvgIpc) is 2.97. The van der Waals surface area contributed by atoms with Crippen LogP contribution in [0.2, 0.25) is 0 Å². The van der Waals surface area contributed by atoms with E-state index < -0.39 is 0 Å². The van der Waals surface area contributed by atoms with Crippen molar-refractivity contribution in [3.05, 3.63) is 36.5 Å². The van der Waals surface area contributed by atoms with E-state index in [0.717, 1.165) is 44.6 Å². The summed E-state index contributed by atoms with van der Waals surface area (Å²) in [4.78, 5) is 18.8. The molecule has 4 heteroatoms. The zero-order valence-corrected chi connectivity index (χ0v) is 11.7. The van der Waals surface area contributed by atoms with E-state index in [1.165, 1.54) is 0 Å². The lowest BCUT2D eigenvalue weighted by molar-refractivity contribution is -0.125. The Kier molecular flexibility index (Phi) is 4.00. The van der Waals surface area contributed by atoms with Crippen LogP contribution in [-0.2, 0) is 4.79 Å². The molecule has 0 aromatic carbocycles. The van der Waals surface area contributed by atoms with Crippen molar-refractivity contribution in [2.45, 2.75) is 31.7 Å². The minimum Gasteiger partial charge on any atom is -0.354 e. The molecular formula is C16H21N3O. The summed E-state index contributed by atoms with van der Waals surface area (Å²) in [5, 5.41) is 3.21. The fourth-order valence-electron chi connectivity index (χ4n) is 2.98. The van der Waals surface area contributed by atoms with Crippen molar-refractivity contribution in [2.24, 2.45) is 5.92 Å². The van der Waals surface area contributed by atoms with Crippen molar-refractivity contribution in [1.29, 1.82) is 0 Å². The van der Waals surface area contributed by atoms with E-state index in [4.69, 9.17) is 0 Å². The summed E-state index contributed by atoms with van der Waals surface area (Å²) in [6, 6.07) is 6.21. The Bertz CT molecular complexity index is 486. The van der Waals surface area contributed by atoms with Crippen molar-refractivity contribution in [3.8, 4) is 0 Å². The van der Waals surface area contributed by atoms with Gasteiger partial charge in [-0.2, -0.15) is 0 Å². The summed E-state index contributed by atoms with van der Waals surface area (Å²) in [6.45, 7) is 1.83. The lowest BCUT2D eigenvalue weighted by Crippen LogP contribution is -2.40. The third kappa shape index (κ3) is 3.00. The molecule has 0 saturated carbocycles. The van der Waals surface area contributed by atoms with E-state index in [9.17, 15) is 4.79 Å². The highest BCUT2D eigenvalue weighted by Crippen LogP contribution is 2.21. The van der Waals surface area contributed by atoms with Crippen LogP contribution >= 0.6 is 0 Å². The van der Waals surface area contributed by atoms with Crippen molar-refractivity contribution in [2.75, 3.05) is 18.0 Å². The zero-order valence-electron chi connectivity index (χ0n) is 11.7. The highest BCUT2D eigenvalue weighted by atomic mass is 16.1. The van der Waals surface area contributed by atoms with Crippen LogP contribution in [0.5, 0.6) is 0 Å². The van der Waals surface area contributed by atoms with E-state index >= 15 is 0 Å². The van der Waals surface area contributed by atoms with Gasteiger partial charge in [0.1, 0.15) is 5.82 Å². The smallest absolute Gasteiger partial charge is 0.223 e. The molecule has 1 aromatic rings. The first-order valence-corrected chi connectivity index (χ1v) is 7.44. The lowest BCUT2D eigenvalue weighted by atomic mass is 9.93. The molecule has 4 nitrogen and oxygen atoms in total. The molecule has 0 radical (unpaired) electrons. The third-order valence-corrected chi connectivity index (χ3v) is 4.15. The molecule has 1 amide bonds. The maximum atomic E-state index is 12.2. The second-order valence-corrected chi connectivity index (χ2v) is 5.61. The fraction of sp³-hybridized carbons (Fsp3) is 0.500. The molecule has 2 aliphatic rings. The SMILES string of the molecule is O=C(NC1CCN(c2ccccn2)C1)C1CC=CCC1. The van der Waals surface area contributed by atoms with Gasteiger partial charge in [-0.05, 0) is 37.8 Å². The van der Waals surface area contributed by atoms with E-state index in [1.807, 2.05) is 24.4 Å². The molecule has 1 saturated heterocycles.